The Bertz CT molecular complexity index is 1060. The predicted molar refractivity (Wildman–Crippen MR) is 131 cm³/mol. The number of benzene rings is 1. The van der Waals surface area contributed by atoms with Gasteiger partial charge in [-0.1, -0.05) is 36.8 Å². The van der Waals surface area contributed by atoms with Gasteiger partial charge in [0.25, 0.3) is 0 Å². The molecule has 168 valence electrons. The van der Waals surface area contributed by atoms with Crippen LogP contribution < -0.4 is 10.2 Å². The molecule has 0 spiro atoms. The highest BCUT2D eigenvalue weighted by Crippen LogP contribution is 2.39. The van der Waals surface area contributed by atoms with E-state index >= 15 is 0 Å². The summed E-state index contributed by atoms with van der Waals surface area (Å²) in [4.78, 5) is 27.2. The third-order valence-corrected chi connectivity index (χ3v) is 7.94. The molecule has 32 heavy (non-hydrogen) atoms. The number of hydrogen-bond donors (Lipinski definition) is 1. The van der Waals surface area contributed by atoms with Crippen molar-refractivity contribution in [1.82, 2.24) is 20.2 Å². The van der Waals surface area contributed by atoms with Gasteiger partial charge in [0.1, 0.15) is 17.0 Å². The average Bonchev–Trinajstić information content (AvgIpc) is 3.23. The van der Waals surface area contributed by atoms with Crippen LogP contribution in [0.2, 0.25) is 0 Å². The Balaban J connectivity index is 1.30. The molecule has 1 saturated heterocycles. The molecule has 1 aliphatic carbocycles. The van der Waals surface area contributed by atoms with Crippen molar-refractivity contribution in [2.75, 3.05) is 38.1 Å². The molecule has 5 rings (SSSR count). The van der Waals surface area contributed by atoms with Crippen LogP contribution in [0.5, 0.6) is 0 Å². The summed E-state index contributed by atoms with van der Waals surface area (Å²) in [5.41, 5.74) is 2.44. The predicted octanol–water partition coefficient (Wildman–Crippen LogP) is 4.18. The Morgan fingerprint density at radius 3 is 2.62 bits per heavy atom. The SMILES string of the molecule is CNC(=O)CN(CC1CCN(c2ncnc3scc(-c4ccccc4)c23)CC1)C1CCC1. The number of nitrogens with zero attached hydrogens (tertiary/aromatic N) is 4. The van der Waals surface area contributed by atoms with E-state index in [4.69, 9.17) is 4.98 Å². The van der Waals surface area contributed by atoms with E-state index in [-0.39, 0.29) is 5.91 Å². The van der Waals surface area contributed by atoms with Crippen LogP contribution in [0.25, 0.3) is 21.3 Å². The molecule has 1 amide bonds. The molecule has 1 saturated carbocycles. The minimum Gasteiger partial charge on any atom is -0.358 e. The Morgan fingerprint density at radius 1 is 1.16 bits per heavy atom. The van der Waals surface area contributed by atoms with Crippen LogP contribution in [0.15, 0.2) is 42.0 Å². The zero-order valence-corrected chi connectivity index (χ0v) is 19.5. The van der Waals surface area contributed by atoms with Gasteiger partial charge in [0.2, 0.25) is 5.91 Å². The van der Waals surface area contributed by atoms with Gasteiger partial charge in [0, 0.05) is 43.7 Å². The smallest absolute Gasteiger partial charge is 0.233 e. The molecule has 0 bridgehead atoms. The van der Waals surface area contributed by atoms with E-state index in [1.165, 1.54) is 35.8 Å². The van der Waals surface area contributed by atoms with E-state index in [0.29, 0.717) is 18.5 Å². The first-order valence-electron chi connectivity index (χ1n) is 11.7. The Morgan fingerprint density at radius 2 is 1.94 bits per heavy atom. The van der Waals surface area contributed by atoms with Gasteiger partial charge in [0.05, 0.1) is 11.9 Å². The molecule has 6 nitrogen and oxygen atoms in total. The highest BCUT2D eigenvalue weighted by atomic mass is 32.1. The topological polar surface area (TPSA) is 61.4 Å². The van der Waals surface area contributed by atoms with E-state index in [1.807, 2.05) is 0 Å². The van der Waals surface area contributed by atoms with Crippen LogP contribution in [0.1, 0.15) is 32.1 Å². The third-order valence-electron chi connectivity index (χ3n) is 7.06. The highest BCUT2D eigenvalue weighted by molar-refractivity contribution is 7.17. The number of carbonyl (C=O) groups is 1. The van der Waals surface area contributed by atoms with Crippen molar-refractivity contribution < 1.29 is 4.79 Å². The summed E-state index contributed by atoms with van der Waals surface area (Å²) in [7, 11) is 1.73. The van der Waals surface area contributed by atoms with Gasteiger partial charge < -0.3 is 10.2 Å². The molecule has 3 aromatic rings. The number of nitrogens with one attached hydrogen (secondary N) is 1. The van der Waals surface area contributed by atoms with Crippen LogP contribution in [0, 0.1) is 5.92 Å². The van der Waals surface area contributed by atoms with Gasteiger partial charge in [-0.15, -0.1) is 11.3 Å². The van der Waals surface area contributed by atoms with Crippen LogP contribution >= 0.6 is 11.3 Å². The molecule has 1 aliphatic heterocycles. The Labute approximate surface area is 193 Å². The number of fused-ring (bicyclic) bond motifs is 1. The minimum absolute atomic E-state index is 0.128. The largest absolute Gasteiger partial charge is 0.358 e. The Hall–Kier alpha value is -2.51. The average molecular weight is 450 g/mol. The van der Waals surface area contributed by atoms with Gasteiger partial charge >= 0.3 is 0 Å². The van der Waals surface area contributed by atoms with Crippen molar-refractivity contribution in [3.05, 3.63) is 42.0 Å². The number of aromatic nitrogens is 2. The molecule has 1 N–H and O–H groups in total. The summed E-state index contributed by atoms with van der Waals surface area (Å²) in [6, 6.07) is 11.1. The van der Waals surface area contributed by atoms with Gasteiger partial charge in [-0.2, -0.15) is 0 Å². The van der Waals surface area contributed by atoms with Crippen LogP contribution in [0.3, 0.4) is 0 Å². The van der Waals surface area contributed by atoms with Crippen molar-refractivity contribution in [3.8, 4) is 11.1 Å². The number of likely N-dealkylation sites (N-methyl/N-ethyl adjacent to an activating group) is 1. The molecule has 0 radical (unpaired) electrons. The molecule has 7 heteroatoms. The standard InChI is InChI=1S/C25H31N5OS/c1-26-22(31)15-30(20-8-5-9-20)14-18-10-12-29(13-11-18)24-23-21(19-6-3-2-4-7-19)16-32-25(23)28-17-27-24/h2-4,6-7,16-18,20H,5,8-15H2,1H3,(H,26,31). The van der Waals surface area contributed by atoms with Gasteiger partial charge in [-0.25, -0.2) is 9.97 Å². The number of hydrogen-bond acceptors (Lipinski definition) is 6. The molecule has 1 aromatic carbocycles. The number of thiophene rings is 1. The normalized spacial score (nSPS) is 17.6. The third kappa shape index (κ3) is 4.36. The van der Waals surface area contributed by atoms with Crippen LogP contribution in [-0.2, 0) is 4.79 Å². The second-order valence-corrected chi connectivity index (χ2v) is 9.87. The van der Waals surface area contributed by atoms with Crippen molar-refractivity contribution in [2.45, 2.75) is 38.1 Å². The van der Waals surface area contributed by atoms with E-state index < -0.39 is 0 Å². The molecule has 0 unspecified atom stereocenters. The maximum Gasteiger partial charge on any atom is 0.233 e. The molecule has 2 aliphatic rings. The van der Waals surface area contributed by atoms with Crippen LogP contribution in [0.4, 0.5) is 5.82 Å². The summed E-state index contributed by atoms with van der Waals surface area (Å²) >= 11 is 1.69. The highest BCUT2D eigenvalue weighted by Gasteiger charge is 2.30. The fourth-order valence-electron chi connectivity index (χ4n) is 4.95. The van der Waals surface area contributed by atoms with Crippen molar-refractivity contribution in [1.29, 1.82) is 0 Å². The first-order valence-corrected chi connectivity index (χ1v) is 12.6. The first-order chi connectivity index (χ1) is 15.7. The molecule has 3 heterocycles. The van der Waals surface area contributed by atoms with Crippen molar-refractivity contribution in [2.24, 2.45) is 5.92 Å². The lowest BCUT2D eigenvalue weighted by atomic mass is 9.89. The minimum atomic E-state index is 0.128. The first kappa shape index (κ1) is 21.3. The fourth-order valence-corrected chi connectivity index (χ4v) is 5.86. The van der Waals surface area contributed by atoms with E-state index in [9.17, 15) is 4.79 Å². The molecule has 2 aromatic heterocycles. The molecular formula is C25H31N5OS. The lowest BCUT2D eigenvalue weighted by Gasteiger charge is -2.41. The van der Waals surface area contributed by atoms with E-state index in [2.05, 4.69) is 55.8 Å². The van der Waals surface area contributed by atoms with E-state index in [1.54, 1.807) is 24.7 Å². The number of piperidine rings is 1. The lowest BCUT2D eigenvalue weighted by molar-refractivity contribution is -0.123. The number of amides is 1. The Kier molecular flexibility index (Phi) is 6.37. The second-order valence-electron chi connectivity index (χ2n) is 9.01. The van der Waals surface area contributed by atoms with Crippen molar-refractivity contribution in [3.63, 3.8) is 0 Å². The zero-order chi connectivity index (χ0) is 21.9. The summed E-state index contributed by atoms with van der Waals surface area (Å²) in [6.45, 7) is 3.56. The monoisotopic (exact) mass is 449 g/mol. The van der Waals surface area contributed by atoms with Gasteiger partial charge in [-0.3, -0.25) is 9.69 Å². The summed E-state index contributed by atoms with van der Waals surface area (Å²) in [6.07, 6.45) is 7.73. The number of rotatable bonds is 7. The van der Waals surface area contributed by atoms with Crippen molar-refractivity contribution >= 4 is 33.3 Å². The van der Waals surface area contributed by atoms with E-state index in [0.717, 1.165) is 43.1 Å². The molecular weight excluding hydrogens is 418 g/mol. The second kappa shape index (κ2) is 9.55. The summed E-state index contributed by atoms with van der Waals surface area (Å²) < 4.78 is 0. The van der Waals surface area contributed by atoms with Gasteiger partial charge in [0.15, 0.2) is 0 Å². The molecule has 2 fully saturated rings. The lowest BCUT2D eigenvalue weighted by Crippen LogP contribution is -2.48. The number of carbonyl (C=O) groups excluding carboxylic acids is 1. The molecule has 0 atom stereocenters. The van der Waals surface area contributed by atoms with Gasteiger partial charge in [-0.05, 0) is 37.2 Å². The fraction of sp³-hybridized carbons (Fsp3) is 0.480. The zero-order valence-electron chi connectivity index (χ0n) is 18.7. The maximum absolute atomic E-state index is 12.0. The summed E-state index contributed by atoms with van der Waals surface area (Å²) in [5.74, 6) is 1.82. The maximum atomic E-state index is 12.0. The van der Waals surface area contributed by atoms with Crippen LogP contribution in [-0.4, -0.2) is 60.0 Å². The number of anilines is 1. The summed E-state index contributed by atoms with van der Waals surface area (Å²) in [5, 5.41) is 6.18. The quantitative estimate of drug-likeness (QED) is 0.586.